The van der Waals surface area contributed by atoms with Crippen molar-refractivity contribution in [1.29, 1.82) is 0 Å². The maximum absolute atomic E-state index is 13.4. The van der Waals surface area contributed by atoms with Gasteiger partial charge in [-0.25, -0.2) is 0 Å². The number of amides is 2. The standard InChI is InChI=1S/C22H20N2O4S2/c25-17-11-28-18-7-8-24(20(17)18)22(27)16(10-13-4-3-9-29-13)23-21(26)15-12-30-19-6-2-1-5-14(15)19/h1-6,9,12,16,18,20H,7-8,10-11H2,(H,23,26). The molecule has 2 amide bonds. The van der Waals surface area contributed by atoms with Crippen molar-refractivity contribution in [3.05, 3.63) is 57.6 Å². The molecule has 8 heteroatoms. The number of likely N-dealkylation sites (tertiary alicyclic amines) is 1. The fourth-order valence-electron chi connectivity index (χ4n) is 4.26. The average molecular weight is 441 g/mol. The molecule has 0 saturated carbocycles. The molecule has 2 aliphatic heterocycles. The van der Waals surface area contributed by atoms with Crippen LogP contribution in [0.5, 0.6) is 0 Å². The van der Waals surface area contributed by atoms with Crippen molar-refractivity contribution in [2.75, 3.05) is 13.2 Å². The van der Waals surface area contributed by atoms with Gasteiger partial charge in [0, 0.05) is 33.3 Å². The number of carbonyl (C=O) groups is 3. The molecule has 0 bridgehead atoms. The molecule has 2 aromatic heterocycles. The Morgan fingerprint density at radius 2 is 2.07 bits per heavy atom. The van der Waals surface area contributed by atoms with Gasteiger partial charge in [0.25, 0.3) is 5.91 Å². The molecule has 3 aromatic rings. The van der Waals surface area contributed by atoms with Gasteiger partial charge >= 0.3 is 0 Å². The number of nitrogens with one attached hydrogen (secondary N) is 1. The highest BCUT2D eigenvalue weighted by molar-refractivity contribution is 7.17. The predicted octanol–water partition coefficient (Wildman–Crippen LogP) is 2.87. The Hall–Kier alpha value is -2.55. The molecule has 0 aliphatic carbocycles. The molecule has 1 aromatic carbocycles. The van der Waals surface area contributed by atoms with Gasteiger partial charge in [0.2, 0.25) is 5.91 Å². The largest absolute Gasteiger partial charge is 0.368 e. The fourth-order valence-corrected chi connectivity index (χ4v) is 5.95. The van der Waals surface area contributed by atoms with Crippen LogP contribution in [-0.4, -0.2) is 53.8 Å². The predicted molar refractivity (Wildman–Crippen MR) is 116 cm³/mol. The van der Waals surface area contributed by atoms with Crippen LogP contribution in [0.25, 0.3) is 10.1 Å². The van der Waals surface area contributed by atoms with E-state index < -0.39 is 12.1 Å². The molecule has 6 nitrogen and oxygen atoms in total. The average Bonchev–Trinajstić information content (AvgIpc) is 3.53. The van der Waals surface area contributed by atoms with Crippen LogP contribution in [0.15, 0.2) is 47.2 Å². The Bertz CT molecular complexity index is 1110. The third kappa shape index (κ3) is 3.45. The zero-order valence-electron chi connectivity index (χ0n) is 16.1. The Labute approximate surface area is 181 Å². The zero-order valence-corrected chi connectivity index (χ0v) is 17.7. The first-order valence-electron chi connectivity index (χ1n) is 9.86. The Morgan fingerprint density at radius 3 is 2.90 bits per heavy atom. The summed E-state index contributed by atoms with van der Waals surface area (Å²) in [5.74, 6) is -0.550. The van der Waals surface area contributed by atoms with Gasteiger partial charge in [-0.05, 0) is 23.9 Å². The topological polar surface area (TPSA) is 75.7 Å². The number of benzene rings is 1. The molecule has 4 heterocycles. The minimum atomic E-state index is -0.734. The lowest BCUT2D eigenvalue weighted by atomic mass is 10.1. The van der Waals surface area contributed by atoms with Crippen LogP contribution in [0.4, 0.5) is 0 Å². The molecule has 2 saturated heterocycles. The fraction of sp³-hybridized carbons (Fsp3) is 0.318. The number of Topliss-reactive ketones (excluding diaryl/α,β-unsaturated/α-hetero) is 1. The number of hydrogen-bond acceptors (Lipinski definition) is 6. The van der Waals surface area contributed by atoms with Gasteiger partial charge in [-0.2, -0.15) is 0 Å². The second-order valence-corrected chi connectivity index (χ2v) is 9.48. The van der Waals surface area contributed by atoms with Gasteiger partial charge in [-0.1, -0.05) is 24.3 Å². The summed E-state index contributed by atoms with van der Waals surface area (Å²) >= 11 is 3.05. The smallest absolute Gasteiger partial charge is 0.253 e. The van der Waals surface area contributed by atoms with Crippen molar-refractivity contribution in [2.24, 2.45) is 0 Å². The summed E-state index contributed by atoms with van der Waals surface area (Å²) in [5, 5.41) is 7.61. The van der Waals surface area contributed by atoms with Crippen molar-refractivity contribution < 1.29 is 19.1 Å². The van der Waals surface area contributed by atoms with Gasteiger partial charge in [0.1, 0.15) is 18.7 Å². The number of fused-ring (bicyclic) bond motifs is 2. The number of thiophene rings is 2. The van der Waals surface area contributed by atoms with Gasteiger partial charge < -0.3 is 15.0 Å². The molecule has 3 unspecified atom stereocenters. The Balaban J connectivity index is 1.41. The van der Waals surface area contributed by atoms with Gasteiger partial charge in [-0.15, -0.1) is 22.7 Å². The normalized spacial score (nSPS) is 21.7. The van der Waals surface area contributed by atoms with Crippen molar-refractivity contribution in [3.63, 3.8) is 0 Å². The quantitative estimate of drug-likeness (QED) is 0.662. The summed E-state index contributed by atoms with van der Waals surface area (Å²) in [7, 11) is 0. The zero-order chi connectivity index (χ0) is 20.7. The number of ether oxygens (including phenoxy) is 1. The first kappa shape index (κ1) is 19.4. The summed E-state index contributed by atoms with van der Waals surface area (Å²) in [5.41, 5.74) is 0.569. The van der Waals surface area contributed by atoms with E-state index in [2.05, 4.69) is 5.32 Å². The van der Waals surface area contributed by atoms with Gasteiger partial charge in [0.15, 0.2) is 5.78 Å². The van der Waals surface area contributed by atoms with Crippen molar-refractivity contribution in [1.82, 2.24) is 10.2 Å². The Morgan fingerprint density at radius 1 is 1.20 bits per heavy atom. The van der Waals surface area contributed by atoms with Crippen molar-refractivity contribution in [3.8, 4) is 0 Å². The number of rotatable bonds is 5. The van der Waals surface area contributed by atoms with Crippen LogP contribution < -0.4 is 5.32 Å². The summed E-state index contributed by atoms with van der Waals surface area (Å²) < 4.78 is 6.54. The third-order valence-electron chi connectivity index (χ3n) is 5.71. The van der Waals surface area contributed by atoms with Crippen LogP contribution in [0.1, 0.15) is 21.7 Å². The molecular weight excluding hydrogens is 420 g/mol. The van der Waals surface area contributed by atoms with Crippen LogP contribution in [0.2, 0.25) is 0 Å². The summed E-state index contributed by atoms with van der Waals surface area (Å²) in [6.45, 7) is 0.528. The molecule has 3 atom stereocenters. The number of ketones is 1. The van der Waals surface area contributed by atoms with E-state index in [1.165, 1.54) is 11.3 Å². The minimum absolute atomic E-state index is 0.0575. The number of carbonyl (C=O) groups excluding carboxylic acids is 3. The van der Waals surface area contributed by atoms with Gasteiger partial charge in [-0.3, -0.25) is 14.4 Å². The van der Waals surface area contributed by atoms with Crippen LogP contribution >= 0.6 is 22.7 Å². The lowest BCUT2D eigenvalue weighted by Gasteiger charge is -2.27. The van der Waals surface area contributed by atoms with Crippen LogP contribution in [-0.2, 0) is 20.7 Å². The van der Waals surface area contributed by atoms with E-state index in [0.717, 1.165) is 15.0 Å². The highest BCUT2D eigenvalue weighted by atomic mass is 32.1. The van der Waals surface area contributed by atoms with Crippen molar-refractivity contribution in [2.45, 2.75) is 31.0 Å². The summed E-state index contributed by atoms with van der Waals surface area (Å²) in [6, 6.07) is 10.3. The van der Waals surface area contributed by atoms with Gasteiger partial charge in [0.05, 0.1) is 11.7 Å². The maximum atomic E-state index is 13.4. The molecular formula is C22H20N2O4S2. The second kappa shape index (κ2) is 7.94. The molecule has 0 spiro atoms. The summed E-state index contributed by atoms with van der Waals surface area (Å²) in [4.78, 5) is 41.4. The summed E-state index contributed by atoms with van der Waals surface area (Å²) in [6.07, 6.45) is 0.824. The second-order valence-electron chi connectivity index (χ2n) is 7.54. The van der Waals surface area contributed by atoms with E-state index in [4.69, 9.17) is 4.74 Å². The van der Waals surface area contributed by atoms with E-state index in [-0.39, 0.29) is 30.3 Å². The van der Waals surface area contributed by atoms with E-state index >= 15 is 0 Å². The highest BCUT2D eigenvalue weighted by Crippen LogP contribution is 2.29. The molecule has 30 heavy (non-hydrogen) atoms. The van der Waals surface area contributed by atoms with E-state index in [1.54, 1.807) is 16.2 Å². The molecule has 0 radical (unpaired) electrons. The minimum Gasteiger partial charge on any atom is -0.368 e. The van der Waals surface area contributed by atoms with Crippen LogP contribution in [0.3, 0.4) is 0 Å². The van der Waals surface area contributed by atoms with E-state index in [9.17, 15) is 14.4 Å². The molecule has 154 valence electrons. The molecule has 5 rings (SSSR count). The SMILES string of the molecule is O=C(NC(Cc1cccs1)C(=O)N1CCC2OCC(=O)C21)c1csc2ccccc12. The lowest BCUT2D eigenvalue weighted by Crippen LogP contribution is -2.53. The first-order chi connectivity index (χ1) is 14.6. The first-order valence-corrected chi connectivity index (χ1v) is 11.6. The lowest BCUT2D eigenvalue weighted by molar-refractivity contribution is -0.138. The number of nitrogens with zero attached hydrogens (tertiary/aromatic N) is 1. The highest BCUT2D eigenvalue weighted by Gasteiger charge is 2.48. The molecule has 2 fully saturated rings. The van der Waals surface area contributed by atoms with E-state index in [0.29, 0.717) is 24.9 Å². The van der Waals surface area contributed by atoms with Crippen molar-refractivity contribution >= 4 is 50.4 Å². The van der Waals surface area contributed by atoms with E-state index in [1.807, 2.05) is 47.2 Å². The third-order valence-corrected chi connectivity index (χ3v) is 7.57. The number of hydrogen-bond donors (Lipinski definition) is 1. The van der Waals surface area contributed by atoms with Crippen LogP contribution in [0, 0.1) is 0 Å². The Kier molecular flexibility index (Phi) is 5.14. The molecule has 2 aliphatic rings. The monoisotopic (exact) mass is 440 g/mol. The maximum Gasteiger partial charge on any atom is 0.253 e. The molecule has 1 N–H and O–H groups in total.